The molecule has 0 bridgehead atoms. The van der Waals surface area contributed by atoms with Crippen molar-refractivity contribution in [3.05, 3.63) is 11.1 Å². The minimum absolute atomic E-state index is 0.338. The third-order valence-corrected chi connectivity index (χ3v) is 2.89. The summed E-state index contributed by atoms with van der Waals surface area (Å²) in [5, 5.41) is 9.46. The van der Waals surface area contributed by atoms with E-state index in [-0.39, 0.29) is 0 Å². The molecule has 0 fully saturated rings. The van der Waals surface area contributed by atoms with Gasteiger partial charge in [0.25, 0.3) is 0 Å². The Morgan fingerprint density at radius 3 is 2.00 bits per heavy atom. The van der Waals surface area contributed by atoms with Crippen LogP contribution < -0.4 is 0 Å². The Labute approximate surface area is 104 Å². The Balaban J connectivity index is 4.82. The van der Waals surface area contributed by atoms with Crippen LogP contribution in [-0.4, -0.2) is 12.2 Å². The SMILES string of the molecule is CCCCC(CCCC)=C(C#N)C(=S)OC. The van der Waals surface area contributed by atoms with E-state index in [4.69, 9.17) is 22.2 Å². The van der Waals surface area contributed by atoms with E-state index in [0.717, 1.165) is 44.1 Å². The van der Waals surface area contributed by atoms with Crippen molar-refractivity contribution in [1.29, 1.82) is 5.26 Å². The molecule has 0 amide bonds. The van der Waals surface area contributed by atoms with Crippen LogP contribution in [0.5, 0.6) is 0 Å². The first-order valence-corrected chi connectivity index (χ1v) is 6.32. The highest BCUT2D eigenvalue weighted by Crippen LogP contribution is 2.20. The number of hydrogen-bond donors (Lipinski definition) is 0. The third kappa shape index (κ3) is 5.27. The molecule has 0 atom stereocenters. The van der Waals surface area contributed by atoms with E-state index in [0.29, 0.717) is 10.6 Å². The normalized spacial score (nSPS) is 9.38. The first-order valence-electron chi connectivity index (χ1n) is 5.91. The molecule has 0 spiro atoms. The number of hydrogen-bond acceptors (Lipinski definition) is 3. The van der Waals surface area contributed by atoms with Crippen LogP contribution in [0.15, 0.2) is 11.1 Å². The Hall–Kier alpha value is -0.880. The summed E-state index contributed by atoms with van der Waals surface area (Å²) in [5.74, 6) is 0. The molecule has 0 aromatic rings. The zero-order chi connectivity index (χ0) is 12.4. The second-order valence-corrected chi connectivity index (χ2v) is 4.16. The summed E-state index contributed by atoms with van der Waals surface area (Å²) < 4.78 is 5.00. The summed E-state index contributed by atoms with van der Waals surface area (Å²) >= 11 is 5.05. The Kier molecular flexibility index (Phi) is 8.84. The molecule has 0 aliphatic heterocycles. The van der Waals surface area contributed by atoms with Crippen molar-refractivity contribution in [2.75, 3.05) is 7.11 Å². The van der Waals surface area contributed by atoms with Crippen LogP contribution in [0, 0.1) is 11.3 Å². The molecular formula is C13H21NOS. The maximum absolute atomic E-state index is 9.12. The van der Waals surface area contributed by atoms with Gasteiger partial charge in [-0.15, -0.1) is 0 Å². The number of rotatable bonds is 7. The van der Waals surface area contributed by atoms with Gasteiger partial charge in [0.15, 0.2) is 0 Å². The van der Waals surface area contributed by atoms with Gasteiger partial charge in [-0.1, -0.05) is 26.7 Å². The van der Waals surface area contributed by atoms with Crippen LogP contribution in [0.3, 0.4) is 0 Å². The predicted octanol–water partition coefficient (Wildman–Crippen LogP) is 4.16. The fourth-order valence-corrected chi connectivity index (χ4v) is 1.72. The number of unbranched alkanes of at least 4 members (excludes halogenated alkanes) is 2. The van der Waals surface area contributed by atoms with Gasteiger partial charge in [-0.2, -0.15) is 5.26 Å². The highest BCUT2D eigenvalue weighted by atomic mass is 32.1. The summed E-state index contributed by atoms with van der Waals surface area (Å²) in [7, 11) is 1.52. The molecule has 0 N–H and O–H groups in total. The van der Waals surface area contributed by atoms with Crippen molar-refractivity contribution < 1.29 is 4.74 Å². The van der Waals surface area contributed by atoms with Crippen molar-refractivity contribution in [2.24, 2.45) is 0 Å². The van der Waals surface area contributed by atoms with Gasteiger partial charge in [-0.05, 0) is 43.5 Å². The van der Waals surface area contributed by atoms with Crippen molar-refractivity contribution in [1.82, 2.24) is 0 Å². The summed E-state index contributed by atoms with van der Waals surface area (Å²) in [6, 6.07) is 2.18. The molecule has 0 rings (SSSR count). The average molecular weight is 239 g/mol. The number of nitrogens with zero attached hydrogens (tertiary/aromatic N) is 1. The molecule has 0 aromatic heterocycles. The van der Waals surface area contributed by atoms with Gasteiger partial charge in [-0.3, -0.25) is 0 Å². The molecule has 0 aromatic carbocycles. The van der Waals surface area contributed by atoms with Crippen molar-refractivity contribution in [3.63, 3.8) is 0 Å². The predicted molar refractivity (Wildman–Crippen MR) is 71.3 cm³/mol. The zero-order valence-electron chi connectivity index (χ0n) is 10.5. The standard InChI is InChI=1S/C13H21NOS/c1-4-6-8-11(9-7-5-2)12(10-14)13(16)15-3/h4-9H2,1-3H3. The van der Waals surface area contributed by atoms with Crippen LogP contribution in [0.1, 0.15) is 52.4 Å². The third-order valence-electron chi connectivity index (χ3n) is 2.52. The van der Waals surface area contributed by atoms with E-state index in [1.165, 1.54) is 7.11 Å². The second-order valence-electron chi connectivity index (χ2n) is 3.79. The van der Waals surface area contributed by atoms with Crippen LogP contribution >= 0.6 is 12.2 Å². The van der Waals surface area contributed by atoms with E-state index >= 15 is 0 Å². The molecule has 0 radical (unpaired) electrons. The summed E-state index contributed by atoms with van der Waals surface area (Å²) in [6.45, 7) is 4.30. The molecule has 0 aliphatic rings. The summed E-state index contributed by atoms with van der Waals surface area (Å²) in [4.78, 5) is 0. The van der Waals surface area contributed by atoms with Crippen LogP contribution in [0.25, 0.3) is 0 Å². The molecule has 3 heteroatoms. The quantitative estimate of drug-likeness (QED) is 0.380. The van der Waals surface area contributed by atoms with Gasteiger partial charge < -0.3 is 4.74 Å². The number of thiocarbonyl (C=S) groups is 1. The zero-order valence-corrected chi connectivity index (χ0v) is 11.3. The maximum atomic E-state index is 9.12. The molecule has 0 saturated heterocycles. The monoisotopic (exact) mass is 239 g/mol. The highest BCUT2D eigenvalue weighted by molar-refractivity contribution is 7.80. The Bertz CT molecular complexity index is 279. The fourth-order valence-electron chi connectivity index (χ4n) is 1.53. The second kappa shape index (κ2) is 9.35. The largest absolute Gasteiger partial charge is 0.486 e. The van der Waals surface area contributed by atoms with E-state index in [1.807, 2.05) is 0 Å². The highest BCUT2D eigenvalue weighted by Gasteiger charge is 2.11. The van der Waals surface area contributed by atoms with E-state index in [1.54, 1.807) is 0 Å². The van der Waals surface area contributed by atoms with Crippen molar-refractivity contribution in [2.45, 2.75) is 52.4 Å². The summed E-state index contributed by atoms with van der Waals surface area (Å²) in [5.41, 5.74) is 1.75. The molecule has 0 aliphatic carbocycles. The fraction of sp³-hybridized carbons (Fsp3) is 0.692. The molecular weight excluding hydrogens is 218 g/mol. The van der Waals surface area contributed by atoms with Crippen molar-refractivity contribution >= 4 is 17.3 Å². The minimum atomic E-state index is 0.338. The lowest BCUT2D eigenvalue weighted by atomic mass is 9.98. The molecule has 90 valence electrons. The molecule has 2 nitrogen and oxygen atoms in total. The van der Waals surface area contributed by atoms with Crippen LogP contribution in [0.2, 0.25) is 0 Å². The van der Waals surface area contributed by atoms with Gasteiger partial charge in [0.2, 0.25) is 5.05 Å². The lowest BCUT2D eigenvalue weighted by molar-refractivity contribution is 0.415. The Morgan fingerprint density at radius 1 is 1.19 bits per heavy atom. The van der Waals surface area contributed by atoms with Gasteiger partial charge in [0.1, 0.15) is 11.6 Å². The van der Waals surface area contributed by atoms with Crippen LogP contribution in [-0.2, 0) is 4.74 Å². The number of ether oxygens (including phenoxy) is 1. The maximum Gasteiger partial charge on any atom is 0.201 e. The van der Waals surface area contributed by atoms with Crippen molar-refractivity contribution in [3.8, 4) is 6.07 Å². The number of methoxy groups -OCH3 is 1. The topological polar surface area (TPSA) is 33.0 Å². The summed E-state index contributed by atoms with van der Waals surface area (Å²) in [6.07, 6.45) is 6.40. The van der Waals surface area contributed by atoms with Gasteiger partial charge in [0.05, 0.1) is 7.11 Å². The number of allylic oxidation sites excluding steroid dienone is 1. The molecule has 0 unspecified atom stereocenters. The van der Waals surface area contributed by atoms with E-state index < -0.39 is 0 Å². The smallest absolute Gasteiger partial charge is 0.201 e. The lowest BCUT2D eigenvalue weighted by Gasteiger charge is -2.10. The van der Waals surface area contributed by atoms with E-state index in [9.17, 15) is 0 Å². The van der Waals surface area contributed by atoms with Crippen LogP contribution in [0.4, 0.5) is 0 Å². The first kappa shape index (κ1) is 15.1. The number of nitriles is 1. The average Bonchev–Trinajstić information content (AvgIpc) is 2.32. The first-order chi connectivity index (χ1) is 7.71. The molecule has 0 heterocycles. The lowest BCUT2D eigenvalue weighted by Crippen LogP contribution is -2.04. The molecule has 0 saturated carbocycles. The molecule has 16 heavy (non-hydrogen) atoms. The minimum Gasteiger partial charge on any atom is -0.486 e. The van der Waals surface area contributed by atoms with Gasteiger partial charge in [-0.25, -0.2) is 0 Å². The van der Waals surface area contributed by atoms with Gasteiger partial charge in [0, 0.05) is 0 Å². The Morgan fingerprint density at radius 2 is 1.69 bits per heavy atom. The van der Waals surface area contributed by atoms with Gasteiger partial charge >= 0.3 is 0 Å². The van der Waals surface area contributed by atoms with E-state index in [2.05, 4.69) is 19.9 Å².